The molecular formula is C33H27N3O3. The number of carbonyl (C=O) groups is 3. The molecule has 4 atom stereocenters. The number of Topliss-reactive ketones (excluding diaryl/α,β-unsaturated/α-hetero) is 1. The molecule has 0 bridgehead atoms. The van der Waals surface area contributed by atoms with Gasteiger partial charge in [0, 0.05) is 28.5 Å². The van der Waals surface area contributed by atoms with E-state index in [-0.39, 0.29) is 23.6 Å². The van der Waals surface area contributed by atoms with Crippen LogP contribution in [0.5, 0.6) is 0 Å². The highest BCUT2D eigenvalue weighted by Crippen LogP contribution is 2.67. The number of para-hydroxylation sites is 1. The fraction of sp³-hybridized carbons (Fsp3) is 0.242. The first-order valence-electron chi connectivity index (χ1n) is 13.6. The lowest BCUT2D eigenvalue weighted by atomic mass is 9.57. The van der Waals surface area contributed by atoms with Crippen molar-refractivity contribution in [3.05, 3.63) is 107 Å². The highest BCUT2D eigenvalue weighted by atomic mass is 16.2. The summed E-state index contributed by atoms with van der Waals surface area (Å²) in [4.78, 5) is 46.1. The molecular weight excluding hydrogens is 486 g/mol. The van der Waals surface area contributed by atoms with Gasteiger partial charge in [0.25, 0.3) is 5.91 Å². The Labute approximate surface area is 226 Å². The second kappa shape index (κ2) is 7.64. The summed E-state index contributed by atoms with van der Waals surface area (Å²) in [5.74, 6) is -1.32. The number of carbonyl (C=O) groups excluding carboxylic acids is 3. The molecule has 0 aliphatic carbocycles. The second-order valence-electron chi connectivity index (χ2n) is 11.3. The number of rotatable bonds is 2. The van der Waals surface area contributed by atoms with Gasteiger partial charge in [-0.15, -0.1) is 0 Å². The predicted octanol–water partition coefficient (Wildman–Crippen LogP) is 5.16. The Bertz CT molecular complexity index is 1760. The maximum atomic E-state index is 14.8. The molecule has 2 amide bonds. The molecule has 6 heteroatoms. The topological polar surface area (TPSA) is 78.5 Å². The number of nitrogens with one attached hydrogen (secondary N) is 2. The molecule has 2 saturated heterocycles. The van der Waals surface area contributed by atoms with E-state index in [4.69, 9.17) is 0 Å². The Hall–Kier alpha value is -4.29. The van der Waals surface area contributed by atoms with E-state index in [1.807, 2.05) is 91.9 Å². The van der Waals surface area contributed by atoms with Gasteiger partial charge in [-0.05, 0) is 60.8 Å². The molecule has 39 heavy (non-hydrogen) atoms. The van der Waals surface area contributed by atoms with E-state index < -0.39 is 16.9 Å². The molecule has 2 N–H and O–H groups in total. The fourth-order valence-electron chi connectivity index (χ4n) is 8.21. The zero-order chi connectivity index (χ0) is 26.5. The Morgan fingerprint density at radius 3 is 2.44 bits per heavy atom. The summed E-state index contributed by atoms with van der Waals surface area (Å²) in [5.41, 5.74) is 1.74. The summed E-state index contributed by atoms with van der Waals surface area (Å²) in [5, 5.41) is 8.26. The largest absolute Gasteiger partial charge is 0.325 e. The van der Waals surface area contributed by atoms with E-state index in [1.165, 1.54) is 0 Å². The smallest absolute Gasteiger partial charge is 0.251 e. The second-order valence-corrected chi connectivity index (χ2v) is 11.3. The van der Waals surface area contributed by atoms with Crippen molar-refractivity contribution in [1.29, 1.82) is 0 Å². The van der Waals surface area contributed by atoms with Crippen molar-refractivity contribution < 1.29 is 14.4 Å². The first-order chi connectivity index (χ1) is 19.0. The highest BCUT2D eigenvalue weighted by molar-refractivity contribution is 6.21. The van der Waals surface area contributed by atoms with Crippen molar-refractivity contribution in [2.24, 2.45) is 5.92 Å². The normalized spacial score (nSPS) is 28.5. The van der Waals surface area contributed by atoms with Crippen molar-refractivity contribution in [2.45, 2.75) is 36.8 Å². The molecule has 4 aliphatic rings. The molecule has 4 aromatic carbocycles. The molecule has 4 aliphatic heterocycles. The van der Waals surface area contributed by atoms with Gasteiger partial charge in [-0.3, -0.25) is 19.3 Å². The minimum absolute atomic E-state index is 0.0877. The van der Waals surface area contributed by atoms with Crippen LogP contribution in [-0.4, -0.2) is 35.1 Å². The quantitative estimate of drug-likeness (QED) is 0.363. The first kappa shape index (κ1) is 22.7. The summed E-state index contributed by atoms with van der Waals surface area (Å²) >= 11 is 0. The molecule has 192 valence electrons. The van der Waals surface area contributed by atoms with E-state index >= 15 is 0 Å². The van der Waals surface area contributed by atoms with Crippen LogP contribution >= 0.6 is 0 Å². The summed E-state index contributed by atoms with van der Waals surface area (Å²) < 4.78 is 0. The predicted molar refractivity (Wildman–Crippen MR) is 150 cm³/mol. The van der Waals surface area contributed by atoms with Gasteiger partial charge in [0.2, 0.25) is 5.91 Å². The third-order valence-corrected chi connectivity index (χ3v) is 9.57. The van der Waals surface area contributed by atoms with Crippen molar-refractivity contribution in [3.63, 3.8) is 0 Å². The van der Waals surface area contributed by atoms with Crippen LogP contribution in [0.2, 0.25) is 0 Å². The molecule has 4 heterocycles. The number of benzene rings is 4. The van der Waals surface area contributed by atoms with Gasteiger partial charge in [-0.1, -0.05) is 72.3 Å². The lowest BCUT2D eigenvalue weighted by Gasteiger charge is -2.43. The minimum atomic E-state index is -1.42. The van der Waals surface area contributed by atoms with Crippen LogP contribution in [0.15, 0.2) is 84.9 Å². The van der Waals surface area contributed by atoms with E-state index in [2.05, 4.69) is 15.5 Å². The van der Waals surface area contributed by atoms with Crippen LogP contribution in [0.3, 0.4) is 0 Å². The van der Waals surface area contributed by atoms with Crippen LogP contribution in [0.4, 0.5) is 11.4 Å². The maximum absolute atomic E-state index is 14.8. The molecule has 6 nitrogen and oxygen atoms in total. The van der Waals surface area contributed by atoms with Crippen LogP contribution in [0, 0.1) is 12.8 Å². The SMILES string of the molecule is Cc1ccc2c(c1)[C@]1(C(=O)N2)N2CCC[C@H]2[C@@H](C(=O)c2ccc3ccccc3c2)[C@]12C(=O)Nc1ccccc12. The van der Waals surface area contributed by atoms with E-state index in [0.717, 1.165) is 40.3 Å². The third kappa shape index (κ3) is 2.58. The molecule has 8 rings (SSSR count). The molecule has 0 saturated carbocycles. The number of amides is 2. The average Bonchev–Trinajstić information content (AvgIpc) is 3.67. The van der Waals surface area contributed by atoms with Crippen LogP contribution < -0.4 is 10.6 Å². The third-order valence-electron chi connectivity index (χ3n) is 9.57. The van der Waals surface area contributed by atoms with Gasteiger partial charge >= 0.3 is 0 Å². The molecule has 2 spiro atoms. The van der Waals surface area contributed by atoms with E-state index in [0.29, 0.717) is 23.5 Å². The fourth-order valence-corrected chi connectivity index (χ4v) is 8.21. The molecule has 0 unspecified atom stereocenters. The van der Waals surface area contributed by atoms with Gasteiger partial charge < -0.3 is 10.6 Å². The monoisotopic (exact) mass is 513 g/mol. The van der Waals surface area contributed by atoms with Crippen LogP contribution in [0.25, 0.3) is 10.8 Å². The van der Waals surface area contributed by atoms with E-state index in [1.54, 1.807) is 0 Å². The lowest BCUT2D eigenvalue weighted by Crippen LogP contribution is -2.62. The molecule has 0 aromatic heterocycles. The Morgan fingerprint density at radius 2 is 1.56 bits per heavy atom. The van der Waals surface area contributed by atoms with Crippen molar-refractivity contribution in [1.82, 2.24) is 4.90 Å². The Kier molecular flexibility index (Phi) is 4.44. The number of aryl methyl sites for hydroxylation is 1. The number of hydrogen-bond donors (Lipinski definition) is 2. The number of fused-ring (bicyclic) bond motifs is 8. The molecule has 2 fully saturated rings. The van der Waals surface area contributed by atoms with Crippen molar-refractivity contribution in [2.75, 3.05) is 17.2 Å². The van der Waals surface area contributed by atoms with Gasteiger partial charge in [0.1, 0.15) is 11.0 Å². The summed E-state index contributed by atoms with van der Waals surface area (Å²) in [6, 6.07) is 27.0. The van der Waals surface area contributed by atoms with Gasteiger partial charge in [0.05, 0.1) is 5.92 Å². The van der Waals surface area contributed by atoms with Crippen LogP contribution in [-0.2, 0) is 20.5 Å². The standard InChI is InChI=1S/C33H27N3O3/c1-19-12-15-26-24(17-19)33(31(39)35-26)32(23-9-4-5-10-25(23)34-30(32)38)28(27-11-6-16-36(27)33)29(37)22-14-13-20-7-2-3-8-21(20)18-22/h2-5,7-10,12-15,17-18,27-28H,6,11,16H2,1H3,(H,34,38)(H,35,39)/t27-,28-,32+,33+/m0/s1. The van der Waals surface area contributed by atoms with Gasteiger partial charge in [0.15, 0.2) is 5.78 Å². The molecule has 0 radical (unpaired) electrons. The maximum Gasteiger partial charge on any atom is 0.251 e. The number of anilines is 2. The summed E-state index contributed by atoms with van der Waals surface area (Å²) in [6.07, 6.45) is 1.61. The van der Waals surface area contributed by atoms with Crippen molar-refractivity contribution in [3.8, 4) is 0 Å². The highest BCUT2D eigenvalue weighted by Gasteiger charge is 2.81. The van der Waals surface area contributed by atoms with Gasteiger partial charge in [-0.25, -0.2) is 0 Å². The zero-order valence-corrected chi connectivity index (χ0v) is 21.5. The summed E-state index contributed by atoms with van der Waals surface area (Å²) in [7, 11) is 0. The van der Waals surface area contributed by atoms with Gasteiger partial charge in [-0.2, -0.15) is 0 Å². The van der Waals surface area contributed by atoms with Crippen LogP contribution in [0.1, 0.15) is 39.9 Å². The van der Waals surface area contributed by atoms with E-state index in [9.17, 15) is 14.4 Å². The van der Waals surface area contributed by atoms with Crippen molar-refractivity contribution >= 4 is 39.7 Å². The lowest BCUT2D eigenvalue weighted by molar-refractivity contribution is -0.137. The molecule has 4 aromatic rings. The number of nitrogens with zero attached hydrogens (tertiary/aromatic N) is 1. The summed E-state index contributed by atoms with van der Waals surface area (Å²) in [6.45, 7) is 2.64. The first-order valence-corrected chi connectivity index (χ1v) is 13.6. The minimum Gasteiger partial charge on any atom is -0.325 e. The Balaban J connectivity index is 1.45. The Morgan fingerprint density at radius 1 is 0.821 bits per heavy atom. The zero-order valence-electron chi connectivity index (χ0n) is 21.5. The number of ketones is 1. The number of hydrogen-bond acceptors (Lipinski definition) is 4. The average molecular weight is 514 g/mol.